The van der Waals surface area contributed by atoms with Crippen LogP contribution in [0.1, 0.15) is 5.56 Å². The van der Waals surface area contributed by atoms with Gasteiger partial charge in [-0.15, -0.1) is 6.42 Å². The van der Waals surface area contributed by atoms with E-state index in [0.717, 1.165) is 0 Å². The largest absolute Gasteiger partial charge is 0.497 e. The zero-order valence-corrected chi connectivity index (χ0v) is 15.0. The Morgan fingerprint density at radius 3 is 2.41 bits per heavy atom. The normalized spacial score (nSPS) is 10.3. The molecule has 1 amide bonds. The van der Waals surface area contributed by atoms with Crippen LogP contribution in [0, 0.1) is 23.7 Å². The molecule has 2 aromatic carbocycles. The summed E-state index contributed by atoms with van der Waals surface area (Å²) in [7, 11) is 3.08. The molecule has 0 aliphatic rings. The average molecular weight is 362 g/mol. The SMILES string of the molecule is C#CCOc1cc(OC)ccc1/C=C(\C#N)C(=O)Nc1ccc(OC)cc1. The van der Waals surface area contributed by atoms with Crippen molar-refractivity contribution in [3.8, 4) is 35.7 Å². The van der Waals surface area contributed by atoms with Crippen LogP contribution in [0.4, 0.5) is 5.69 Å². The van der Waals surface area contributed by atoms with Crippen LogP contribution in [0.15, 0.2) is 48.0 Å². The monoisotopic (exact) mass is 362 g/mol. The zero-order chi connectivity index (χ0) is 19.6. The summed E-state index contributed by atoms with van der Waals surface area (Å²) < 4.78 is 15.7. The Bertz CT molecular complexity index is 919. The van der Waals surface area contributed by atoms with Gasteiger partial charge in [0, 0.05) is 17.3 Å². The van der Waals surface area contributed by atoms with Crippen molar-refractivity contribution in [3.05, 3.63) is 53.6 Å². The number of amides is 1. The van der Waals surface area contributed by atoms with E-state index in [-0.39, 0.29) is 12.2 Å². The number of carbonyl (C=O) groups is 1. The number of anilines is 1. The highest BCUT2D eigenvalue weighted by Gasteiger charge is 2.12. The summed E-state index contributed by atoms with van der Waals surface area (Å²) in [5.74, 6) is 3.48. The van der Waals surface area contributed by atoms with E-state index in [2.05, 4.69) is 11.2 Å². The number of hydrogen-bond acceptors (Lipinski definition) is 5. The molecule has 2 rings (SSSR count). The fraction of sp³-hybridized carbons (Fsp3) is 0.143. The Labute approximate surface area is 158 Å². The summed E-state index contributed by atoms with van der Waals surface area (Å²) >= 11 is 0. The predicted molar refractivity (Wildman–Crippen MR) is 103 cm³/mol. The average Bonchev–Trinajstić information content (AvgIpc) is 2.71. The first-order chi connectivity index (χ1) is 13.1. The summed E-state index contributed by atoms with van der Waals surface area (Å²) in [4.78, 5) is 12.4. The minimum atomic E-state index is -0.540. The molecule has 0 unspecified atom stereocenters. The van der Waals surface area contributed by atoms with Crippen molar-refractivity contribution in [3.63, 3.8) is 0 Å². The molecule has 0 bridgehead atoms. The first-order valence-corrected chi connectivity index (χ1v) is 7.92. The fourth-order valence-electron chi connectivity index (χ4n) is 2.18. The summed E-state index contributed by atoms with van der Waals surface area (Å²) in [5, 5.41) is 12.1. The first kappa shape index (κ1) is 19.4. The molecule has 0 aromatic heterocycles. The number of nitriles is 1. The standard InChI is InChI=1S/C21H18N2O4/c1-4-11-27-20-13-19(26-3)8-5-15(20)12-16(14-22)21(24)23-17-6-9-18(25-2)10-7-17/h1,5-10,12-13H,11H2,2-3H3,(H,23,24)/b16-12+. The molecule has 0 atom stereocenters. The molecule has 6 nitrogen and oxygen atoms in total. The highest BCUT2D eigenvalue weighted by Crippen LogP contribution is 2.27. The molecule has 0 radical (unpaired) electrons. The predicted octanol–water partition coefficient (Wildman–Crippen LogP) is 3.26. The van der Waals surface area contributed by atoms with Crippen molar-refractivity contribution < 1.29 is 19.0 Å². The number of benzene rings is 2. The number of rotatable bonds is 7. The van der Waals surface area contributed by atoms with Gasteiger partial charge in [-0.2, -0.15) is 5.26 Å². The smallest absolute Gasteiger partial charge is 0.266 e. The third-order valence-corrected chi connectivity index (χ3v) is 3.54. The van der Waals surface area contributed by atoms with Crippen LogP contribution in [0.3, 0.4) is 0 Å². The molecule has 0 saturated carbocycles. The van der Waals surface area contributed by atoms with Crippen LogP contribution < -0.4 is 19.5 Å². The maximum atomic E-state index is 12.4. The summed E-state index contributed by atoms with van der Waals surface area (Å²) in [6.45, 7) is 0.0495. The number of hydrogen-bond donors (Lipinski definition) is 1. The topological polar surface area (TPSA) is 80.6 Å². The molecule has 0 fully saturated rings. The second-order valence-corrected chi connectivity index (χ2v) is 5.25. The Kier molecular flexibility index (Phi) is 6.87. The summed E-state index contributed by atoms with van der Waals surface area (Å²) in [6, 6.07) is 13.7. The van der Waals surface area contributed by atoms with Crippen LogP contribution >= 0.6 is 0 Å². The second-order valence-electron chi connectivity index (χ2n) is 5.25. The van der Waals surface area contributed by atoms with Crippen LogP contribution in [-0.2, 0) is 4.79 Å². The number of nitrogens with one attached hydrogen (secondary N) is 1. The third-order valence-electron chi connectivity index (χ3n) is 3.54. The van der Waals surface area contributed by atoms with Gasteiger partial charge in [-0.3, -0.25) is 4.79 Å². The molecule has 0 saturated heterocycles. The van der Waals surface area contributed by atoms with Crippen molar-refractivity contribution in [1.82, 2.24) is 0 Å². The Morgan fingerprint density at radius 1 is 1.15 bits per heavy atom. The van der Waals surface area contributed by atoms with Crippen LogP contribution in [-0.4, -0.2) is 26.7 Å². The van der Waals surface area contributed by atoms with Crippen LogP contribution in [0.25, 0.3) is 6.08 Å². The lowest BCUT2D eigenvalue weighted by Crippen LogP contribution is -2.13. The minimum absolute atomic E-state index is 0.0495. The molecule has 0 aliphatic heterocycles. The lowest BCUT2D eigenvalue weighted by Gasteiger charge is -2.10. The third kappa shape index (κ3) is 5.29. The lowest BCUT2D eigenvalue weighted by molar-refractivity contribution is -0.112. The summed E-state index contributed by atoms with van der Waals surface area (Å²) in [5.41, 5.74) is 0.995. The van der Waals surface area contributed by atoms with Gasteiger partial charge in [0.1, 0.15) is 35.5 Å². The van der Waals surface area contributed by atoms with Gasteiger partial charge in [-0.25, -0.2) is 0 Å². The highest BCUT2D eigenvalue weighted by atomic mass is 16.5. The van der Waals surface area contributed by atoms with Crippen molar-refractivity contribution in [2.24, 2.45) is 0 Å². The molecule has 0 spiro atoms. The Balaban J connectivity index is 2.27. The number of terminal acetylenes is 1. The number of carbonyl (C=O) groups excluding carboxylic acids is 1. The Hall–Kier alpha value is -3.90. The second kappa shape index (κ2) is 9.55. The lowest BCUT2D eigenvalue weighted by atomic mass is 10.1. The van der Waals surface area contributed by atoms with Crippen molar-refractivity contribution in [2.45, 2.75) is 0 Å². The van der Waals surface area contributed by atoms with E-state index in [0.29, 0.717) is 28.5 Å². The van der Waals surface area contributed by atoms with Crippen molar-refractivity contribution in [2.75, 3.05) is 26.1 Å². The van der Waals surface area contributed by atoms with Gasteiger partial charge in [-0.1, -0.05) is 5.92 Å². The van der Waals surface area contributed by atoms with E-state index in [1.165, 1.54) is 13.2 Å². The van der Waals surface area contributed by atoms with Gasteiger partial charge in [0.2, 0.25) is 0 Å². The van der Waals surface area contributed by atoms with E-state index in [1.807, 2.05) is 6.07 Å². The van der Waals surface area contributed by atoms with E-state index in [4.69, 9.17) is 20.6 Å². The van der Waals surface area contributed by atoms with Gasteiger partial charge in [0.15, 0.2) is 0 Å². The molecule has 0 aliphatic carbocycles. The number of methoxy groups -OCH3 is 2. The van der Waals surface area contributed by atoms with Gasteiger partial charge < -0.3 is 19.5 Å². The highest BCUT2D eigenvalue weighted by molar-refractivity contribution is 6.09. The minimum Gasteiger partial charge on any atom is -0.497 e. The van der Waals surface area contributed by atoms with Gasteiger partial charge in [0.05, 0.1) is 14.2 Å². The van der Waals surface area contributed by atoms with Crippen LogP contribution in [0.2, 0.25) is 0 Å². The van der Waals surface area contributed by atoms with E-state index in [9.17, 15) is 10.1 Å². The molecular formula is C21H18N2O4. The maximum absolute atomic E-state index is 12.4. The number of ether oxygens (including phenoxy) is 3. The molecule has 1 N–H and O–H groups in total. The summed E-state index contributed by atoms with van der Waals surface area (Å²) in [6.07, 6.45) is 6.67. The Morgan fingerprint density at radius 2 is 1.81 bits per heavy atom. The molecule has 0 heterocycles. The van der Waals surface area contributed by atoms with Gasteiger partial charge in [-0.05, 0) is 42.5 Å². The maximum Gasteiger partial charge on any atom is 0.266 e. The van der Waals surface area contributed by atoms with E-state index < -0.39 is 5.91 Å². The van der Waals surface area contributed by atoms with Crippen LogP contribution in [0.5, 0.6) is 17.2 Å². The first-order valence-electron chi connectivity index (χ1n) is 7.92. The molecule has 136 valence electrons. The molecular weight excluding hydrogens is 344 g/mol. The zero-order valence-electron chi connectivity index (χ0n) is 15.0. The molecule has 2 aromatic rings. The number of nitrogens with zero attached hydrogens (tertiary/aromatic N) is 1. The van der Waals surface area contributed by atoms with Crippen molar-refractivity contribution in [1.29, 1.82) is 5.26 Å². The molecule has 27 heavy (non-hydrogen) atoms. The molecule has 6 heteroatoms. The van der Waals surface area contributed by atoms with Crippen molar-refractivity contribution >= 4 is 17.7 Å². The van der Waals surface area contributed by atoms with E-state index >= 15 is 0 Å². The fourth-order valence-corrected chi connectivity index (χ4v) is 2.18. The van der Waals surface area contributed by atoms with Gasteiger partial charge in [0.25, 0.3) is 5.91 Å². The van der Waals surface area contributed by atoms with E-state index in [1.54, 1.807) is 49.6 Å². The quantitative estimate of drug-likeness (QED) is 0.464. The van der Waals surface area contributed by atoms with Gasteiger partial charge >= 0.3 is 0 Å².